The van der Waals surface area contributed by atoms with E-state index in [1.165, 1.54) is 12.1 Å². The lowest BCUT2D eigenvalue weighted by atomic mass is 10.1. The Hall–Kier alpha value is -3.13. The number of anilines is 1. The first-order valence-corrected chi connectivity index (χ1v) is 10.7. The van der Waals surface area contributed by atoms with Gasteiger partial charge in [-0.2, -0.15) is 0 Å². The van der Waals surface area contributed by atoms with E-state index in [1.807, 2.05) is 30.8 Å². The molecule has 8 heteroatoms. The fraction of sp³-hybridized carbons (Fsp3) is 0.238. The van der Waals surface area contributed by atoms with Crippen LogP contribution in [0.4, 0.5) is 5.69 Å². The smallest absolute Gasteiger partial charge is 0.261 e. The monoisotopic (exact) mass is 412 g/mol. The second-order valence-corrected chi connectivity index (χ2v) is 8.59. The third kappa shape index (κ3) is 5.03. The second kappa shape index (κ2) is 8.48. The normalized spacial score (nSPS) is 11.3. The van der Waals surface area contributed by atoms with Gasteiger partial charge in [-0.1, -0.05) is 18.2 Å². The van der Waals surface area contributed by atoms with E-state index in [1.54, 1.807) is 37.4 Å². The summed E-state index contributed by atoms with van der Waals surface area (Å²) in [5, 5.41) is 2.83. The van der Waals surface area contributed by atoms with E-state index in [4.69, 9.17) is 0 Å². The molecule has 3 aromatic rings. The van der Waals surface area contributed by atoms with Gasteiger partial charge in [0, 0.05) is 43.7 Å². The van der Waals surface area contributed by atoms with Gasteiger partial charge in [-0.05, 0) is 49.2 Å². The molecule has 0 fully saturated rings. The highest BCUT2D eigenvalue weighted by Crippen LogP contribution is 2.20. The molecule has 2 aromatic carbocycles. The molecule has 0 bridgehead atoms. The fourth-order valence-corrected chi connectivity index (χ4v) is 4.03. The van der Waals surface area contributed by atoms with Gasteiger partial charge in [0.1, 0.15) is 5.82 Å². The van der Waals surface area contributed by atoms with Crippen molar-refractivity contribution >= 4 is 21.6 Å². The fourth-order valence-electron chi connectivity index (χ4n) is 2.96. The Labute approximate surface area is 170 Å². The zero-order valence-electron chi connectivity index (χ0n) is 16.6. The van der Waals surface area contributed by atoms with Crippen LogP contribution < -0.4 is 10.0 Å². The van der Waals surface area contributed by atoms with Gasteiger partial charge in [-0.25, -0.2) is 13.4 Å². The van der Waals surface area contributed by atoms with Crippen molar-refractivity contribution in [3.8, 4) is 0 Å². The van der Waals surface area contributed by atoms with Gasteiger partial charge in [0.05, 0.1) is 4.90 Å². The molecule has 152 valence electrons. The van der Waals surface area contributed by atoms with Gasteiger partial charge < -0.3 is 9.88 Å². The molecule has 0 radical (unpaired) electrons. The minimum Gasteiger partial charge on any atom is -0.352 e. The predicted molar refractivity (Wildman–Crippen MR) is 112 cm³/mol. The lowest BCUT2D eigenvalue weighted by Gasteiger charge is -2.12. The number of nitrogens with one attached hydrogen (secondary N) is 2. The van der Waals surface area contributed by atoms with Crippen LogP contribution in [0.3, 0.4) is 0 Å². The maximum atomic E-state index is 12.8. The van der Waals surface area contributed by atoms with Gasteiger partial charge in [0.15, 0.2) is 0 Å². The van der Waals surface area contributed by atoms with Crippen LogP contribution in [0.5, 0.6) is 0 Å². The Bertz CT molecular complexity index is 1140. The van der Waals surface area contributed by atoms with E-state index in [-0.39, 0.29) is 10.8 Å². The third-order valence-corrected chi connectivity index (χ3v) is 5.97. The average Bonchev–Trinajstić information content (AvgIpc) is 3.06. The Balaban J connectivity index is 1.74. The van der Waals surface area contributed by atoms with Crippen LogP contribution in [0, 0.1) is 13.8 Å². The largest absolute Gasteiger partial charge is 0.352 e. The number of imidazole rings is 1. The van der Waals surface area contributed by atoms with E-state index < -0.39 is 10.0 Å². The summed E-state index contributed by atoms with van der Waals surface area (Å²) in [6.07, 6.45) is 4.13. The van der Waals surface area contributed by atoms with Crippen LogP contribution in [-0.2, 0) is 23.5 Å². The highest BCUT2D eigenvalue weighted by atomic mass is 32.2. The summed E-state index contributed by atoms with van der Waals surface area (Å²) in [7, 11) is -1.92. The van der Waals surface area contributed by atoms with Crippen LogP contribution in [0.15, 0.2) is 59.8 Å². The van der Waals surface area contributed by atoms with Crippen molar-refractivity contribution in [1.82, 2.24) is 14.9 Å². The summed E-state index contributed by atoms with van der Waals surface area (Å²) in [6.45, 7) is 4.07. The first kappa shape index (κ1) is 20.6. The molecule has 0 atom stereocenters. The zero-order chi connectivity index (χ0) is 21.0. The SMILES string of the molecule is Cc1cccc(NS(=O)(=O)c2ccc(C)c(C(=O)NCCc3nccn3C)c2)c1. The van der Waals surface area contributed by atoms with Crippen molar-refractivity contribution in [2.75, 3.05) is 11.3 Å². The van der Waals surface area contributed by atoms with Crippen molar-refractivity contribution < 1.29 is 13.2 Å². The van der Waals surface area contributed by atoms with Crippen molar-refractivity contribution in [2.24, 2.45) is 7.05 Å². The molecule has 1 amide bonds. The zero-order valence-corrected chi connectivity index (χ0v) is 17.5. The van der Waals surface area contributed by atoms with Crippen LogP contribution in [-0.4, -0.2) is 30.4 Å². The molecular weight excluding hydrogens is 388 g/mol. The molecule has 2 N–H and O–H groups in total. The third-order valence-electron chi connectivity index (χ3n) is 4.59. The summed E-state index contributed by atoms with van der Waals surface area (Å²) in [6, 6.07) is 11.6. The maximum absolute atomic E-state index is 12.8. The van der Waals surface area contributed by atoms with Crippen LogP contribution in [0.25, 0.3) is 0 Å². The van der Waals surface area contributed by atoms with Gasteiger partial charge in [0.2, 0.25) is 0 Å². The Kier molecular flexibility index (Phi) is 6.03. The van der Waals surface area contributed by atoms with Crippen molar-refractivity contribution in [2.45, 2.75) is 25.2 Å². The molecule has 1 aromatic heterocycles. The number of carbonyl (C=O) groups is 1. The number of hydrogen-bond acceptors (Lipinski definition) is 4. The lowest BCUT2D eigenvalue weighted by Crippen LogP contribution is -2.27. The molecule has 0 aliphatic carbocycles. The first-order chi connectivity index (χ1) is 13.8. The maximum Gasteiger partial charge on any atom is 0.261 e. The number of hydrogen-bond donors (Lipinski definition) is 2. The van der Waals surface area contributed by atoms with E-state index in [9.17, 15) is 13.2 Å². The number of aromatic nitrogens is 2. The van der Waals surface area contributed by atoms with E-state index in [0.717, 1.165) is 11.4 Å². The molecule has 0 unspecified atom stereocenters. The Morgan fingerprint density at radius 3 is 2.62 bits per heavy atom. The van der Waals surface area contributed by atoms with Crippen molar-refractivity contribution in [3.63, 3.8) is 0 Å². The molecule has 0 aliphatic heterocycles. The van der Waals surface area contributed by atoms with Gasteiger partial charge in [0.25, 0.3) is 15.9 Å². The molecule has 29 heavy (non-hydrogen) atoms. The average molecular weight is 413 g/mol. The van der Waals surface area contributed by atoms with Gasteiger partial charge >= 0.3 is 0 Å². The molecule has 7 nitrogen and oxygen atoms in total. The number of benzene rings is 2. The number of carbonyl (C=O) groups excluding carboxylic acids is 1. The number of rotatable bonds is 7. The number of nitrogens with zero attached hydrogens (tertiary/aromatic N) is 2. The highest BCUT2D eigenvalue weighted by molar-refractivity contribution is 7.92. The number of sulfonamides is 1. The summed E-state index contributed by atoms with van der Waals surface area (Å²) in [5.41, 5.74) is 2.46. The van der Waals surface area contributed by atoms with Crippen LogP contribution in [0.2, 0.25) is 0 Å². The van der Waals surface area contributed by atoms with E-state index in [2.05, 4.69) is 15.0 Å². The van der Waals surface area contributed by atoms with Crippen molar-refractivity contribution in [1.29, 1.82) is 0 Å². The van der Waals surface area contributed by atoms with Gasteiger partial charge in [-0.3, -0.25) is 9.52 Å². The summed E-state index contributed by atoms with van der Waals surface area (Å²) >= 11 is 0. The molecule has 0 spiro atoms. The molecule has 0 saturated heterocycles. The number of amides is 1. The molecule has 3 rings (SSSR count). The summed E-state index contributed by atoms with van der Waals surface area (Å²) in [5.74, 6) is 0.546. The summed E-state index contributed by atoms with van der Waals surface area (Å²) < 4.78 is 30.0. The topological polar surface area (TPSA) is 93.1 Å². The molecule has 0 aliphatic rings. The van der Waals surface area contributed by atoms with E-state index >= 15 is 0 Å². The van der Waals surface area contributed by atoms with Crippen LogP contribution >= 0.6 is 0 Å². The minimum absolute atomic E-state index is 0.0406. The second-order valence-electron chi connectivity index (χ2n) is 6.91. The highest BCUT2D eigenvalue weighted by Gasteiger charge is 2.18. The Morgan fingerprint density at radius 2 is 1.93 bits per heavy atom. The molecule has 1 heterocycles. The van der Waals surface area contributed by atoms with Crippen LogP contribution in [0.1, 0.15) is 27.3 Å². The standard InChI is InChI=1S/C21H24N4O3S/c1-15-5-4-6-17(13-15)24-29(27,28)18-8-7-16(2)19(14-18)21(26)23-10-9-20-22-11-12-25(20)3/h4-8,11-14,24H,9-10H2,1-3H3,(H,23,26). The quantitative estimate of drug-likeness (QED) is 0.624. The number of aryl methyl sites for hydroxylation is 3. The first-order valence-electron chi connectivity index (χ1n) is 9.21. The lowest BCUT2D eigenvalue weighted by molar-refractivity contribution is 0.0953. The minimum atomic E-state index is -3.81. The van der Waals surface area contributed by atoms with Crippen molar-refractivity contribution in [3.05, 3.63) is 77.4 Å². The molecule has 0 saturated carbocycles. The van der Waals surface area contributed by atoms with E-state index in [0.29, 0.717) is 29.8 Å². The summed E-state index contributed by atoms with van der Waals surface area (Å²) in [4.78, 5) is 16.9. The molecular formula is C21H24N4O3S. The predicted octanol–water partition coefficient (Wildman–Crippen LogP) is 2.81. The Morgan fingerprint density at radius 1 is 1.14 bits per heavy atom. The van der Waals surface area contributed by atoms with Gasteiger partial charge in [-0.15, -0.1) is 0 Å².